The van der Waals surface area contributed by atoms with Gasteiger partial charge in [0.15, 0.2) is 0 Å². The zero-order valence-corrected chi connectivity index (χ0v) is 10.3. The second kappa shape index (κ2) is 6.83. The first-order valence-corrected chi connectivity index (χ1v) is 4.68. The lowest BCUT2D eigenvalue weighted by Gasteiger charge is -2.13. The predicted molar refractivity (Wildman–Crippen MR) is 68.9 cm³/mol. The first kappa shape index (κ1) is 14.4. The molecule has 0 saturated carbocycles. The van der Waals surface area contributed by atoms with Gasteiger partial charge in [0, 0.05) is 18.9 Å². The Morgan fingerprint density at radius 3 is 2.67 bits per heavy atom. The van der Waals surface area contributed by atoms with E-state index in [-0.39, 0.29) is 24.8 Å². The van der Waals surface area contributed by atoms with Crippen molar-refractivity contribution in [1.82, 2.24) is 10.3 Å². The van der Waals surface area contributed by atoms with E-state index >= 15 is 0 Å². The average Bonchev–Trinajstić information content (AvgIpc) is 2.19. The number of halogens is 2. The Bertz CT molecular complexity index is 337. The molecule has 1 aliphatic heterocycles. The fraction of sp³-hybridized carbons (Fsp3) is 0.364. The highest BCUT2D eigenvalue weighted by Gasteiger charge is 2.05. The molecule has 0 saturated heterocycles. The molecule has 0 unspecified atom stereocenters. The van der Waals surface area contributed by atoms with E-state index in [1.165, 1.54) is 16.7 Å². The van der Waals surface area contributed by atoms with Crippen molar-refractivity contribution in [3.8, 4) is 0 Å². The third-order valence-electron chi connectivity index (χ3n) is 2.31. The van der Waals surface area contributed by atoms with Crippen molar-refractivity contribution in [3.05, 3.63) is 35.7 Å². The molecule has 1 aliphatic rings. The van der Waals surface area contributed by atoms with Gasteiger partial charge in [0.25, 0.3) is 0 Å². The van der Waals surface area contributed by atoms with Gasteiger partial charge < -0.3 is 5.32 Å². The van der Waals surface area contributed by atoms with Gasteiger partial charge in [-0.25, -0.2) is 0 Å². The maximum atomic E-state index is 4.20. The number of hydrogen-bond acceptors (Lipinski definition) is 2. The summed E-state index contributed by atoms with van der Waals surface area (Å²) in [4.78, 5) is 4.20. The van der Waals surface area contributed by atoms with Crippen molar-refractivity contribution in [1.29, 1.82) is 0 Å². The van der Waals surface area contributed by atoms with Crippen LogP contribution in [0.1, 0.15) is 17.5 Å². The molecule has 0 aromatic carbocycles. The molecule has 0 bridgehead atoms. The number of aromatic nitrogens is 1. The van der Waals surface area contributed by atoms with Crippen molar-refractivity contribution in [2.75, 3.05) is 13.1 Å². The Hall–Kier alpha value is -0.570. The normalized spacial score (nSPS) is 14.6. The first-order valence-electron chi connectivity index (χ1n) is 4.68. The van der Waals surface area contributed by atoms with Crippen LogP contribution < -0.4 is 5.32 Å². The summed E-state index contributed by atoms with van der Waals surface area (Å²) >= 11 is 0. The number of aryl methyl sites for hydroxylation is 1. The number of rotatable bonds is 1. The van der Waals surface area contributed by atoms with E-state index in [9.17, 15) is 0 Å². The van der Waals surface area contributed by atoms with Crippen molar-refractivity contribution in [3.63, 3.8) is 0 Å². The van der Waals surface area contributed by atoms with Gasteiger partial charge in [-0.1, -0.05) is 6.08 Å². The molecule has 0 radical (unpaired) electrons. The van der Waals surface area contributed by atoms with Crippen molar-refractivity contribution in [2.45, 2.75) is 13.3 Å². The van der Waals surface area contributed by atoms with Crippen LogP contribution in [0.5, 0.6) is 0 Å². The predicted octanol–water partition coefficient (Wildman–Crippen LogP) is 2.61. The quantitative estimate of drug-likeness (QED) is 0.825. The molecule has 1 aromatic heterocycles. The van der Waals surface area contributed by atoms with E-state index in [4.69, 9.17) is 0 Å². The third-order valence-corrected chi connectivity index (χ3v) is 2.31. The van der Waals surface area contributed by atoms with E-state index in [1.54, 1.807) is 0 Å². The summed E-state index contributed by atoms with van der Waals surface area (Å²) in [7, 11) is 0. The molecule has 4 heteroatoms. The van der Waals surface area contributed by atoms with E-state index in [1.807, 2.05) is 12.4 Å². The Morgan fingerprint density at radius 1 is 1.27 bits per heavy atom. The monoisotopic (exact) mass is 246 g/mol. The molecule has 84 valence electrons. The Labute approximate surface area is 103 Å². The van der Waals surface area contributed by atoms with E-state index in [2.05, 4.69) is 29.4 Å². The van der Waals surface area contributed by atoms with Crippen LogP contribution in [0.25, 0.3) is 5.57 Å². The van der Waals surface area contributed by atoms with Gasteiger partial charge >= 0.3 is 0 Å². The maximum absolute atomic E-state index is 4.20. The lowest BCUT2D eigenvalue weighted by atomic mass is 10.0. The van der Waals surface area contributed by atoms with Gasteiger partial charge in [0.05, 0.1) is 0 Å². The number of nitrogens with one attached hydrogen (secondary N) is 1. The highest BCUT2D eigenvalue weighted by Crippen LogP contribution is 2.19. The van der Waals surface area contributed by atoms with Crippen LogP contribution in [0.4, 0.5) is 0 Å². The SMILES string of the molecule is Cc1cncc(C2=CCNCC2)c1.Cl.Cl. The Morgan fingerprint density at radius 2 is 2.07 bits per heavy atom. The smallest absolute Gasteiger partial charge is 0.0343 e. The molecule has 0 atom stereocenters. The lowest BCUT2D eigenvalue weighted by molar-refractivity contribution is 0.738. The van der Waals surface area contributed by atoms with Crippen LogP contribution in [-0.4, -0.2) is 18.1 Å². The molecule has 1 N–H and O–H groups in total. The highest BCUT2D eigenvalue weighted by atomic mass is 35.5. The molecule has 0 aliphatic carbocycles. The van der Waals surface area contributed by atoms with Gasteiger partial charge in [-0.05, 0) is 42.7 Å². The molecule has 0 fully saturated rings. The molecule has 2 rings (SSSR count). The summed E-state index contributed by atoms with van der Waals surface area (Å²) in [6.45, 7) is 4.15. The standard InChI is InChI=1S/C11H14N2.2ClH/c1-9-6-11(8-13-7-9)10-2-4-12-5-3-10;;/h2,6-8,12H,3-5H2,1H3;2*1H. The van der Waals surface area contributed by atoms with Crippen LogP contribution in [-0.2, 0) is 0 Å². The zero-order chi connectivity index (χ0) is 9.10. The molecule has 2 heterocycles. The van der Waals surface area contributed by atoms with Crippen molar-refractivity contribution >= 4 is 30.4 Å². The minimum Gasteiger partial charge on any atom is -0.313 e. The van der Waals surface area contributed by atoms with E-state index < -0.39 is 0 Å². The van der Waals surface area contributed by atoms with Crippen molar-refractivity contribution < 1.29 is 0 Å². The van der Waals surface area contributed by atoms with Gasteiger partial charge in [-0.3, -0.25) is 4.98 Å². The molecular formula is C11H16Cl2N2. The van der Waals surface area contributed by atoms with Gasteiger partial charge in [0.1, 0.15) is 0 Å². The van der Waals surface area contributed by atoms with Gasteiger partial charge in [-0.2, -0.15) is 0 Å². The Balaban J connectivity index is 0.000000980. The molecular weight excluding hydrogens is 231 g/mol. The lowest BCUT2D eigenvalue weighted by Crippen LogP contribution is -2.20. The number of nitrogens with zero attached hydrogens (tertiary/aromatic N) is 1. The number of pyridine rings is 1. The van der Waals surface area contributed by atoms with Crippen LogP contribution in [0.3, 0.4) is 0 Å². The van der Waals surface area contributed by atoms with Crippen LogP contribution >= 0.6 is 24.8 Å². The molecule has 1 aromatic rings. The zero-order valence-electron chi connectivity index (χ0n) is 8.69. The van der Waals surface area contributed by atoms with Crippen LogP contribution in [0, 0.1) is 6.92 Å². The summed E-state index contributed by atoms with van der Waals surface area (Å²) in [5.41, 5.74) is 3.94. The highest BCUT2D eigenvalue weighted by molar-refractivity contribution is 5.85. The van der Waals surface area contributed by atoms with Crippen LogP contribution in [0.2, 0.25) is 0 Å². The minimum absolute atomic E-state index is 0. The average molecular weight is 247 g/mol. The molecule has 0 spiro atoms. The van der Waals surface area contributed by atoms with E-state index in [0.29, 0.717) is 0 Å². The Kier molecular flexibility index (Phi) is 6.57. The second-order valence-electron chi connectivity index (χ2n) is 3.43. The van der Waals surface area contributed by atoms with E-state index in [0.717, 1.165) is 19.5 Å². The van der Waals surface area contributed by atoms with Crippen molar-refractivity contribution in [2.24, 2.45) is 0 Å². The third kappa shape index (κ3) is 3.82. The summed E-state index contributed by atoms with van der Waals surface area (Å²) in [6.07, 6.45) is 7.21. The number of hydrogen-bond donors (Lipinski definition) is 1. The summed E-state index contributed by atoms with van der Waals surface area (Å²) in [5, 5.41) is 3.30. The first-order chi connectivity index (χ1) is 6.36. The van der Waals surface area contributed by atoms with Gasteiger partial charge in [0.2, 0.25) is 0 Å². The topological polar surface area (TPSA) is 24.9 Å². The summed E-state index contributed by atoms with van der Waals surface area (Å²) in [5.74, 6) is 0. The van der Waals surface area contributed by atoms with Crippen LogP contribution in [0.15, 0.2) is 24.5 Å². The summed E-state index contributed by atoms with van der Waals surface area (Å²) < 4.78 is 0. The molecule has 2 nitrogen and oxygen atoms in total. The second-order valence-corrected chi connectivity index (χ2v) is 3.43. The molecule has 15 heavy (non-hydrogen) atoms. The van der Waals surface area contributed by atoms with Gasteiger partial charge in [-0.15, -0.1) is 24.8 Å². The molecule has 0 amide bonds. The summed E-state index contributed by atoms with van der Waals surface area (Å²) in [6, 6.07) is 2.20. The largest absolute Gasteiger partial charge is 0.313 e. The fourth-order valence-electron chi connectivity index (χ4n) is 1.62. The fourth-order valence-corrected chi connectivity index (χ4v) is 1.62. The minimum atomic E-state index is 0. The maximum Gasteiger partial charge on any atom is 0.0343 e.